The quantitative estimate of drug-likeness (QED) is 0.891. The summed E-state index contributed by atoms with van der Waals surface area (Å²) in [5, 5.41) is 0. The molecule has 1 aliphatic heterocycles. The number of benzene rings is 2. The first-order valence-electron chi connectivity index (χ1n) is 6.82. The molecule has 0 fully saturated rings. The minimum atomic E-state index is 0.0413. The van der Waals surface area contributed by atoms with Gasteiger partial charge in [-0.15, -0.1) is 0 Å². The number of fused-ring (bicyclic) bond motifs is 1. The fourth-order valence-corrected chi connectivity index (χ4v) is 2.77. The van der Waals surface area contributed by atoms with E-state index in [0.717, 1.165) is 12.2 Å². The molecule has 0 radical (unpaired) electrons. The highest BCUT2D eigenvalue weighted by atomic mass is 16.5. The lowest BCUT2D eigenvalue weighted by molar-refractivity contribution is 0.143. The third-order valence-corrected chi connectivity index (χ3v) is 3.83. The minimum Gasteiger partial charge on any atom is -0.488 e. The second kappa shape index (κ2) is 5.06. The van der Waals surface area contributed by atoms with Crippen molar-refractivity contribution in [3.8, 4) is 5.75 Å². The molecule has 0 saturated heterocycles. The number of para-hydroxylation sites is 1. The van der Waals surface area contributed by atoms with E-state index in [2.05, 4.69) is 42.5 Å². The Labute approximate surface area is 114 Å². The first kappa shape index (κ1) is 12.2. The Hall–Kier alpha value is -1.80. The minimum absolute atomic E-state index is 0.0413. The van der Waals surface area contributed by atoms with Gasteiger partial charge in [0.2, 0.25) is 0 Å². The fraction of sp³-hybridized carbons (Fsp3) is 0.294. The molecule has 0 bridgehead atoms. The van der Waals surface area contributed by atoms with Gasteiger partial charge in [0.1, 0.15) is 11.9 Å². The van der Waals surface area contributed by atoms with Crippen molar-refractivity contribution in [2.45, 2.75) is 31.4 Å². The topological polar surface area (TPSA) is 35.2 Å². The molecule has 3 atom stereocenters. The third-order valence-electron chi connectivity index (χ3n) is 3.83. The van der Waals surface area contributed by atoms with Crippen LogP contribution in [0.2, 0.25) is 0 Å². The number of hydrogen-bond acceptors (Lipinski definition) is 2. The van der Waals surface area contributed by atoms with Crippen molar-refractivity contribution in [2.24, 2.45) is 5.73 Å². The Morgan fingerprint density at radius 1 is 1.05 bits per heavy atom. The van der Waals surface area contributed by atoms with Gasteiger partial charge in [-0.25, -0.2) is 0 Å². The zero-order valence-electron chi connectivity index (χ0n) is 11.1. The molecule has 0 aliphatic carbocycles. The van der Waals surface area contributed by atoms with E-state index < -0.39 is 0 Å². The molecule has 0 saturated carbocycles. The summed E-state index contributed by atoms with van der Waals surface area (Å²) < 4.78 is 6.02. The zero-order valence-corrected chi connectivity index (χ0v) is 11.1. The molecule has 1 aliphatic rings. The molecule has 0 aromatic heterocycles. The Morgan fingerprint density at radius 3 is 2.47 bits per heavy atom. The van der Waals surface area contributed by atoms with Gasteiger partial charge in [0.25, 0.3) is 0 Å². The normalized spacial score (nSPS) is 23.3. The lowest BCUT2D eigenvalue weighted by Gasteiger charge is -2.34. The smallest absolute Gasteiger partial charge is 0.123 e. The monoisotopic (exact) mass is 253 g/mol. The van der Waals surface area contributed by atoms with Crippen molar-refractivity contribution in [2.75, 3.05) is 0 Å². The summed E-state index contributed by atoms with van der Waals surface area (Å²) in [7, 11) is 0. The van der Waals surface area contributed by atoms with Crippen molar-refractivity contribution in [1.29, 1.82) is 0 Å². The van der Waals surface area contributed by atoms with E-state index in [-0.39, 0.29) is 12.1 Å². The van der Waals surface area contributed by atoms with Crippen LogP contribution in [0.15, 0.2) is 54.6 Å². The molecule has 0 amide bonds. The average molecular weight is 253 g/mol. The molecule has 2 N–H and O–H groups in total. The number of ether oxygens (including phenoxy) is 1. The standard InChI is InChI=1S/C17H19NO/c1-12(18)17-11-15(13-7-3-2-4-8-13)14-9-5-6-10-16(14)19-17/h2-10,12,15,17H,11,18H2,1H3. The maximum atomic E-state index is 6.04. The molecule has 2 aromatic carbocycles. The SMILES string of the molecule is CC(N)C1CC(c2ccccc2)c2ccccc2O1. The molecule has 1 heterocycles. The van der Waals surface area contributed by atoms with Crippen LogP contribution in [-0.4, -0.2) is 12.1 Å². The van der Waals surface area contributed by atoms with E-state index in [9.17, 15) is 0 Å². The van der Waals surface area contributed by atoms with Crippen molar-refractivity contribution in [3.05, 3.63) is 65.7 Å². The number of hydrogen-bond donors (Lipinski definition) is 1. The van der Waals surface area contributed by atoms with Crippen LogP contribution in [0.25, 0.3) is 0 Å². The van der Waals surface area contributed by atoms with Crippen LogP contribution >= 0.6 is 0 Å². The summed E-state index contributed by atoms with van der Waals surface area (Å²) >= 11 is 0. The zero-order chi connectivity index (χ0) is 13.2. The Bertz CT molecular complexity index is 550. The summed E-state index contributed by atoms with van der Waals surface area (Å²) in [6.45, 7) is 2.01. The molecular formula is C17H19NO. The Kier molecular flexibility index (Phi) is 3.26. The lowest BCUT2D eigenvalue weighted by Crippen LogP contribution is -2.40. The average Bonchev–Trinajstić information content (AvgIpc) is 2.47. The van der Waals surface area contributed by atoms with E-state index >= 15 is 0 Å². The van der Waals surface area contributed by atoms with Crippen LogP contribution in [-0.2, 0) is 0 Å². The van der Waals surface area contributed by atoms with Gasteiger partial charge in [0.05, 0.1) is 0 Å². The maximum absolute atomic E-state index is 6.04. The summed E-state index contributed by atoms with van der Waals surface area (Å²) in [6, 6.07) is 18.9. The Morgan fingerprint density at radius 2 is 1.74 bits per heavy atom. The van der Waals surface area contributed by atoms with Crippen LogP contribution in [0, 0.1) is 0 Å². The number of rotatable bonds is 2. The molecule has 3 unspecified atom stereocenters. The molecular weight excluding hydrogens is 234 g/mol. The predicted molar refractivity (Wildman–Crippen MR) is 77.4 cm³/mol. The second-order valence-electron chi connectivity index (χ2n) is 5.25. The van der Waals surface area contributed by atoms with Crippen LogP contribution < -0.4 is 10.5 Å². The van der Waals surface area contributed by atoms with Gasteiger partial charge in [0, 0.05) is 17.5 Å². The van der Waals surface area contributed by atoms with Gasteiger partial charge in [-0.2, -0.15) is 0 Å². The summed E-state index contributed by atoms with van der Waals surface area (Å²) in [5.74, 6) is 1.35. The second-order valence-corrected chi connectivity index (χ2v) is 5.25. The largest absolute Gasteiger partial charge is 0.488 e. The van der Waals surface area contributed by atoms with Crippen molar-refractivity contribution in [1.82, 2.24) is 0 Å². The predicted octanol–water partition coefficient (Wildman–Crippen LogP) is 3.32. The molecule has 19 heavy (non-hydrogen) atoms. The summed E-state index contributed by atoms with van der Waals surface area (Å²) in [5.41, 5.74) is 8.65. The first-order chi connectivity index (χ1) is 9.25. The molecule has 98 valence electrons. The fourth-order valence-electron chi connectivity index (χ4n) is 2.77. The van der Waals surface area contributed by atoms with E-state index in [4.69, 9.17) is 10.5 Å². The van der Waals surface area contributed by atoms with E-state index in [1.54, 1.807) is 0 Å². The van der Waals surface area contributed by atoms with Gasteiger partial charge < -0.3 is 10.5 Å². The molecule has 3 rings (SSSR count). The van der Waals surface area contributed by atoms with Gasteiger partial charge in [-0.1, -0.05) is 48.5 Å². The van der Waals surface area contributed by atoms with Crippen LogP contribution in [0.3, 0.4) is 0 Å². The Balaban J connectivity index is 2.03. The lowest BCUT2D eigenvalue weighted by atomic mass is 9.83. The first-order valence-corrected chi connectivity index (χ1v) is 6.82. The number of nitrogens with two attached hydrogens (primary N) is 1. The molecule has 2 heteroatoms. The highest BCUT2D eigenvalue weighted by molar-refractivity contribution is 5.44. The highest BCUT2D eigenvalue weighted by Gasteiger charge is 2.30. The maximum Gasteiger partial charge on any atom is 0.123 e. The highest BCUT2D eigenvalue weighted by Crippen LogP contribution is 2.40. The van der Waals surface area contributed by atoms with Gasteiger partial charge in [0.15, 0.2) is 0 Å². The summed E-state index contributed by atoms with van der Waals surface area (Å²) in [6.07, 6.45) is 1.03. The molecule has 2 nitrogen and oxygen atoms in total. The van der Waals surface area contributed by atoms with Crippen LogP contribution in [0.4, 0.5) is 0 Å². The van der Waals surface area contributed by atoms with Crippen molar-refractivity contribution in [3.63, 3.8) is 0 Å². The van der Waals surface area contributed by atoms with Gasteiger partial charge >= 0.3 is 0 Å². The third kappa shape index (κ3) is 2.36. The summed E-state index contributed by atoms with van der Waals surface area (Å²) in [4.78, 5) is 0. The van der Waals surface area contributed by atoms with E-state index in [1.807, 2.05) is 19.1 Å². The molecule has 0 spiro atoms. The van der Waals surface area contributed by atoms with Crippen molar-refractivity contribution >= 4 is 0 Å². The van der Waals surface area contributed by atoms with E-state index in [0.29, 0.717) is 5.92 Å². The van der Waals surface area contributed by atoms with Crippen molar-refractivity contribution < 1.29 is 4.74 Å². The molecule has 2 aromatic rings. The van der Waals surface area contributed by atoms with E-state index in [1.165, 1.54) is 11.1 Å². The van der Waals surface area contributed by atoms with Crippen LogP contribution in [0.1, 0.15) is 30.4 Å². The van der Waals surface area contributed by atoms with Crippen LogP contribution in [0.5, 0.6) is 5.75 Å². The van der Waals surface area contributed by atoms with Gasteiger partial charge in [-0.3, -0.25) is 0 Å². The van der Waals surface area contributed by atoms with Gasteiger partial charge in [-0.05, 0) is 25.0 Å².